The summed E-state index contributed by atoms with van der Waals surface area (Å²) >= 11 is 0. The fourth-order valence-corrected chi connectivity index (χ4v) is 2.27. The van der Waals surface area contributed by atoms with Crippen LogP contribution in [0.4, 0.5) is 18.9 Å². The minimum atomic E-state index is -3.01. The third-order valence-electron chi connectivity index (χ3n) is 3.96. The Labute approximate surface area is 204 Å². The first-order valence-electron chi connectivity index (χ1n) is 11.2. The predicted octanol–water partition coefficient (Wildman–Crippen LogP) is 2.77. The second kappa shape index (κ2) is 16.4. The number of ether oxygens (including phenoxy) is 1. The van der Waals surface area contributed by atoms with Crippen LogP contribution >= 0.6 is 0 Å². The summed E-state index contributed by atoms with van der Waals surface area (Å²) in [5.41, 5.74) is 5.98. The highest BCUT2D eigenvalue weighted by Crippen LogP contribution is 2.15. The van der Waals surface area contributed by atoms with Crippen molar-refractivity contribution in [3.8, 4) is 0 Å². The lowest BCUT2D eigenvalue weighted by Crippen LogP contribution is -2.41. The van der Waals surface area contributed by atoms with E-state index >= 15 is 0 Å². The van der Waals surface area contributed by atoms with E-state index in [2.05, 4.69) is 24.5 Å². The maximum Gasteiger partial charge on any atom is 0.328 e. The first-order valence-corrected chi connectivity index (χ1v) is 11.2. The number of amides is 2. The number of benzene rings is 1. The van der Waals surface area contributed by atoms with Gasteiger partial charge >= 0.3 is 5.97 Å². The van der Waals surface area contributed by atoms with Gasteiger partial charge in [0.2, 0.25) is 0 Å². The monoisotopic (exact) mass is 503 g/mol. The highest BCUT2D eigenvalue weighted by Gasteiger charge is 2.28. The van der Waals surface area contributed by atoms with Crippen LogP contribution in [0.3, 0.4) is 0 Å². The van der Waals surface area contributed by atoms with Gasteiger partial charge in [-0.15, -0.1) is 0 Å². The number of nitrogens with two attached hydrogens (primary N) is 2. The first-order chi connectivity index (χ1) is 16.4. The molecule has 1 aromatic carbocycles. The first kappa shape index (κ1) is 31.7. The molecule has 1 atom stereocenters. The van der Waals surface area contributed by atoms with Crippen LogP contribution in [0.1, 0.15) is 57.3 Å². The van der Waals surface area contributed by atoms with Crippen molar-refractivity contribution in [3.63, 3.8) is 0 Å². The number of nitrogens with one attached hydrogen (secondary N) is 2. The van der Waals surface area contributed by atoms with E-state index in [-0.39, 0.29) is 24.5 Å². The average molecular weight is 504 g/mol. The van der Waals surface area contributed by atoms with Gasteiger partial charge in [-0.05, 0) is 30.7 Å². The highest BCUT2D eigenvalue weighted by atomic mass is 19.3. The van der Waals surface area contributed by atoms with Gasteiger partial charge in [-0.3, -0.25) is 19.0 Å². The molecule has 12 heteroatoms. The van der Waals surface area contributed by atoms with Crippen LogP contribution in [0.15, 0.2) is 36.2 Å². The quantitative estimate of drug-likeness (QED) is 0.185. The van der Waals surface area contributed by atoms with E-state index in [1.165, 1.54) is 30.7 Å². The zero-order valence-corrected chi connectivity index (χ0v) is 20.6. The molecule has 0 spiro atoms. The molecule has 1 aliphatic heterocycles. The van der Waals surface area contributed by atoms with Crippen molar-refractivity contribution in [1.29, 1.82) is 0 Å². The Morgan fingerprint density at radius 2 is 1.77 bits per heavy atom. The van der Waals surface area contributed by atoms with Crippen molar-refractivity contribution in [1.82, 2.24) is 10.6 Å². The Balaban J connectivity index is 0.00000146. The summed E-state index contributed by atoms with van der Waals surface area (Å²) in [5.74, 6) is 0.935. The molecule has 0 aromatic heterocycles. The molecule has 1 aromatic rings. The minimum absolute atomic E-state index is 0.163. The van der Waals surface area contributed by atoms with Crippen LogP contribution in [-0.2, 0) is 14.3 Å². The molecule has 6 N–H and O–H groups in total. The van der Waals surface area contributed by atoms with E-state index in [0.717, 1.165) is 11.2 Å². The zero-order valence-electron chi connectivity index (χ0n) is 20.6. The maximum atomic E-state index is 12.8. The van der Waals surface area contributed by atoms with Crippen molar-refractivity contribution in [2.24, 2.45) is 11.6 Å². The van der Waals surface area contributed by atoms with Gasteiger partial charge in [0.1, 0.15) is 11.7 Å². The molecule has 35 heavy (non-hydrogen) atoms. The van der Waals surface area contributed by atoms with E-state index in [4.69, 9.17) is 16.3 Å². The lowest BCUT2D eigenvalue weighted by Gasteiger charge is -2.16. The van der Waals surface area contributed by atoms with Crippen LogP contribution in [0, 0.1) is 0 Å². The molecule has 1 fully saturated rings. The van der Waals surface area contributed by atoms with Gasteiger partial charge in [0.05, 0.1) is 25.5 Å². The summed E-state index contributed by atoms with van der Waals surface area (Å²) in [6, 6.07) is 4.93. The number of anilines is 1. The Morgan fingerprint density at radius 1 is 1.23 bits per heavy atom. The summed E-state index contributed by atoms with van der Waals surface area (Å²) < 4.78 is 41.0. The fraction of sp³-hybridized carbons (Fsp3) is 0.522. The summed E-state index contributed by atoms with van der Waals surface area (Å²) in [4.78, 5) is 35.2. The van der Waals surface area contributed by atoms with Crippen LogP contribution in [0.5, 0.6) is 0 Å². The molecule has 1 aliphatic rings. The average Bonchev–Trinajstić information content (AvgIpc) is 3.21. The second-order valence-electron chi connectivity index (χ2n) is 7.67. The summed E-state index contributed by atoms with van der Waals surface area (Å²) in [6.07, 6.45) is 3.40. The second-order valence-corrected chi connectivity index (χ2v) is 7.67. The molecule has 1 saturated heterocycles. The third-order valence-corrected chi connectivity index (χ3v) is 3.96. The van der Waals surface area contributed by atoms with E-state index in [1.807, 2.05) is 0 Å². The zero-order chi connectivity index (χ0) is 27.0. The summed E-state index contributed by atoms with van der Waals surface area (Å²) in [7, 11) is 0. The molecule has 2 rings (SSSR count). The molecule has 9 nitrogen and oxygen atoms in total. The van der Waals surface area contributed by atoms with E-state index in [1.54, 1.807) is 6.92 Å². The third kappa shape index (κ3) is 13.3. The molecule has 1 heterocycles. The maximum absolute atomic E-state index is 12.8. The molecule has 198 valence electrons. The molecular weight excluding hydrogens is 467 g/mol. The topological polar surface area (TPSA) is 140 Å². The normalized spacial score (nSPS) is 15.0. The molecule has 1 unspecified atom stereocenters. The Morgan fingerprint density at radius 3 is 2.20 bits per heavy atom. The van der Waals surface area contributed by atoms with Gasteiger partial charge in [0.15, 0.2) is 0 Å². The van der Waals surface area contributed by atoms with Crippen molar-refractivity contribution in [2.75, 3.05) is 24.8 Å². The van der Waals surface area contributed by atoms with Crippen LogP contribution in [0.25, 0.3) is 0 Å². The Bertz CT molecular complexity index is 827. The molecule has 0 bridgehead atoms. The highest BCUT2D eigenvalue weighted by molar-refractivity contribution is 5.96. The molecular formula is C23H36F3N5O4. The molecule has 0 saturated carbocycles. The lowest BCUT2D eigenvalue weighted by atomic mass is 10.2. The van der Waals surface area contributed by atoms with E-state index < -0.39 is 36.3 Å². The number of nitrogens with zero attached hydrogens (tertiary/aromatic N) is 1. The van der Waals surface area contributed by atoms with Crippen molar-refractivity contribution in [2.45, 2.75) is 58.9 Å². The van der Waals surface area contributed by atoms with Gasteiger partial charge in [-0.25, -0.2) is 19.4 Å². The largest absolute Gasteiger partial charge is 0.464 e. The van der Waals surface area contributed by atoms with Crippen molar-refractivity contribution < 1.29 is 32.3 Å². The van der Waals surface area contributed by atoms with E-state index in [0.29, 0.717) is 25.5 Å². The van der Waals surface area contributed by atoms with Crippen LogP contribution < -0.4 is 27.2 Å². The number of rotatable bonds is 8. The van der Waals surface area contributed by atoms with Gasteiger partial charge in [-0.2, -0.15) is 0 Å². The summed E-state index contributed by atoms with van der Waals surface area (Å²) in [6.45, 7) is 6.02. The van der Waals surface area contributed by atoms with Crippen LogP contribution in [-0.4, -0.2) is 49.6 Å². The SMILES string of the molecule is CC(F)(F)CNC(=O)c1ccc(N(N)/C=C(\N)C(=O)NC2CCOC2=O)cc1.CCC.CCCF. The number of alkyl halides is 3. The molecule has 2 amide bonds. The minimum Gasteiger partial charge on any atom is -0.464 e. The fourth-order valence-electron chi connectivity index (χ4n) is 2.27. The van der Waals surface area contributed by atoms with Crippen molar-refractivity contribution >= 4 is 23.5 Å². The number of esters is 1. The number of hydrogen-bond donors (Lipinski definition) is 4. The Hall–Kier alpha value is -3.28. The smallest absolute Gasteiger partial charge is 0.328 e. The van der Waals surface area contributed by atoms with Gasteiger partial charge in [0.25, 0.3) is 17.7 Å². The standard InChI is InChI=1S/C17H21F2N5O4.C3H7F.C3H8/c1-17(18,19)9-22-14(25)10-2-4-11(5-3-10)24(21)8-12(20)15(26)23-13-6-7-28-16(13)27;1-2-3-4;1-3-2/h2-5,8,13H,6-7,9,20-21H2,1H3,(H,22,25)(H,23,26);2-3H2,1H3;3H2,1-2H3/b12-8-;;. The predicted molar refractivity (Wildman–Crippen MR) is 128 cm³/mol. The van der Waals surface area contributed by atoms with E-state index in [9.17, 15) is 27.6 Å². The number of halogens is 3. The van der Waals surface area contributed by atoms with Crippen LogP contribution in [0.2, 0.25) is 0 Å². The number of hydrogen-bond acceptors (Lipinski definition) is 7. The van der Waals surface area contributed by atoms with Gasteiger partial charge in [0, 0.05) is 25.1 Å². The number of hydrazine groups is 1. The molecule has 0 radical (unpaired) electrons. The number of carbonyl (C=O) groups excluding carboxylic acids is 3. The van der Waals surface area contributed by atoms with Gasteiger partial charge < -0.3 is 21.1 Å². The van der Waals surface area contributed by atoms with Crippen molar-refractivity contribution in [3.05, 3.63) is 41.7 Å². The van der Waals surface area contributed by atoms with Gasteiger partial charge in [-0.1, -0.05) is 27.2 Å². The summed E-state index contributed by atoms with van der Waals surface area (Å²) in [5, 5.41) is 5.59. The number of cyclic esters (lactones) is 1. The number of carbonyl (C=O) groups is 3. The lowest BCUT2D eigenvalue weighted by molar-refractivity contribution is -0.141. The molecule has 0 aliphatic carbocycles. The Kier molecular flexibility index (Phi) is 14.8.